The number of benzene rings is 2. The SMILES string of the molecule is CCN1C(=O)[C@@H](NC(=O)c2cccc(C(F)(F)F)c2)[C@@H](C2CC2)c2c(C(=O)N3CCSCC3C#N)nn(-c3ccccc3)c21. The summed E-state index contributed by atoms with van der Waals surface area (Å²) in [4.78, 5) is 44.8. The number of carbonyl (C=O) groups excluding carboxylic acids is 3. The normalized spacial score (nSPS) is 21.9. The molecule has 0 radical (unpaired) electrons. The lowest BCUT2D eigenvalue weighted by Crippen LogP contribution is -2.56. The lowest BCUT2D eigenvalue weighted by Gasteiger charge is -2.39. The van der Waals surface area contributed by atoms with Gasteiger partial charge in [-0.2, -0.15) is 35.3 Å². The Bertz CT molecular complexity index is 1650. The summed E-state index contributed by atoms with van der Waals surface area (Å²) < 4.78 is 41.8. The van der Waals surface area contributed by atoms with E-state index in [1.165, 1.54) is 15.9 Å². The lowest BCUT2D eigenvalue weighted by molar-refractivity contribution is -0.137. The Morgan fingerprint density at radius 2 is 1.89 bits per heavy atom. The van der Waals surface area contributed by atoms with E-state index in [4.69, 9.17) is 5.10 Å². The number of hydrogen-bond acceptors (Lipinski definition) is 6. The van der Waals surface area contributed by atoms with Crippen LogP contribution < -0.4 is 10.2 Å². The Hall–Kier alpha value is -4.31. The molecule has 3 heterocycles. The van der Waals surface area contributed by atoms with E-state index in [1.54, 1.807) is 23.4 Å². The van der Waals surface area contributed by atoms with E-state index in [0.29, 0.717) is 35.1 Å². The van der Waals surface area contributed by atoms with Crippen LogP contribution in [0.15, 0.2) is 54.6 Å². The number of carbonyl (C=O) groups is 3. The van der Waals surface area contributed by atoms with Crippen molar-refractivity contribution in [2.24, 2.45) is 5.92 Å². The fourth-order valence-corrected chi connectivity index (χ4v) is 7.03. The number of para-hydroxylation sites is 1. The van der Waals surface area contributed by atoms with Gasteiger partial charge in [0, 0.05) is 41.6 Å². The number of hydrogen-bond donors (Lipinski definition) is 1. The predicted molar refractivity (Wildman–Crippen MR) is 158 cm³/mol. The van der Waals surface area contributed by atoms with Crippen molar-refractivity contribution in [2.75, 3.05) is 29.5 Å². The van der Waals surface area contributed by atoms with Gasteiger partial charge in [0.1, 0.15) is 17.9 Å². The largest absolute Gasteiger partial charge is 0.416 e. The van der Waals surface area contributed by atoms with Gasteiger partial charge in [-0.15, -0.1) is 0 Å². The molecule has 1 saturated heterocycles. The molecule has 3 aromatic rings. The van der Waals surface area contributed by atoms with Gasteiger partial charge in [0.25, 0.3) is 17.7 Å². The molecule has 2 fully saturated rings. The van der Waals surface area contributed by atoms with Crippen LogP contribution in [0, 0.1) is 17.2 Å². The average molecular weight is 623 g/mol. The van der Waals surface area contributed by atoms with Crippen molar-refractivity contribution < 1.29 is 27.6 Å². The van der Waals surface area contributed by atoms with E-state index < -0.39 is 47.5 Å². The molecule has 2 aliphatic heterocycles. The van der Waals surface area contributed by atoms with E-state index in [-0.39, 0.29) is 23.7 Å². The Kier molecular flexibility index (Phi) is 7.88. The number of amides is 3. The van der Waals surface area contributed by atoms with Crippen LogP contribution >= 0.6 is 11.8 Å². The van der Waals surface area contributed by atoms with Gasteiger partial charge in [0.2, 0.25) is 0 Å². The molecule has 228 valence electrons. The van der Waals surface area contributed by atoms with Gasteiger partial charge >= 0.3 is 6.18 Å². The zero-order chi connectivity index (χ0) is 31.2. The highest BCUT2D eigenvalue weighted by molar-refractivity contribution is 7.99. The van der Waals surface area contributed by atoms with Gasteiger partial charge in [0.15, 0.2) is 5.69 Å². The first kappa shape index (κ1) is 29.7. The summed E-state index contributed by atoms with van der Waals surface area (Å²) in [5, 5.41) is 17.3. The first-order valence-corrected chi connectivity index (χ1v) is 15.6. The Labute approximate surface area is 256 Å². The summed E-state index contributed by atoms with van der Waals surface area (Å²) in [5.74, 6) is -0.843. The van der Waals surface area contributed by atoms with Crippen molar-refractivity contribution in [2.45, 2.75) is 43.9 Å². The van der Waals surface area contributed by atoms with Crippen LogP contribution in [0.2, 0.25) is 0 Å². The summed E-state index contributed by atoms with van der Waals surface area (Å²) in [5.41, 5.74) is 0.0420. The highest BCUT2D eigenvalue weighted by atomic mass is 32.2. The number of alkyl halides is 3. The third-order valence-electron chi connectivity index (χ3n) is 8.30. The number of fused-ring (bicyclic) bond motifs is 1. The topological polar surface area (TPSA) is 111 Å². The molecule has 3 aliphatic rings. The van der Waals surface area contributed by atoms with Gasteiger partial charge in [-0.05, 0) is 56.0 Å². The van der Waals surface area contributed by atoms with E-state index in [9.17, 15) is 32.8 Å². The van der Waals surface area contributed by atoms with Crippen LogP contribution in [-0.2, 0) is 11.0 Å². The Morgan fingerprint density at radius 3 is 2.55 bits per heavy atom. The van der Waals surface area contributed by atoms with Crippen LogP contribution in [0.3, 0.4) is 0 Å². The van der Waals surface area contributed by atoms with Gasteiger partial charge in [-0.25, -0.2) is 4.68 Å². The van der Waals surface area contributed by atoms with Crippen molar-refractivity contribution in [1.29, 1.82) is 5.26 Å². The second-order valence-electron chi connectivity index (χ2n) is 11.0. The lowest BCUT2D eigenvalue weighted by atomic mass is 9.82. The van der Waals surface area contributed by atoms with Gasteiger partial charge in [0.05, 0.1) is 17.3 Å². The minimum Gasteiger partial charge on any atom is -0.340 e. The Balaban J connectivity index is 1.48. The molecule has 9 nitrogen and oxygen atoms in total. The third kappa shape index (κ3) is 5.32. The van der Waals surface area contributed by atoms with Crippen molar-refractivity contribution in [3.05, 3.63) is 77.0 Å². The molecular weight excluding hydrogens is 593 g/mol. The maximum atomic E-state index is 14.2. The van der Waals surface area contributed by atoms with E-state index in [0.717, 1.165) is 31.0 Å². The smallest absolute Gasteiger partial charge is 0.340 e. The van der Waals surface area contributed by atoms with Crippen molar-refractivity contribution in [3.8, 4) is 11.8 Å². The molecule has 0 spiro atoms. The van der Waals surface area contributed by atoms with Gasteiger partial charge in [-0.1, -0.05) is 24.3 Å². The maximum Gasteiger partial charge on any atom is 0.416 e. The highest BCUT2D eigenvalue weighted by Crippen LogP contribution is 2.52. The zero-order valence-corrected chi connectivity index (χ0v) is 24.6. The summed E-state index contributed by atoms with van der Waals surface area (Å²) in [6, 6.07) is 13.6. The number of aromatic nitrogens is 2. The molecule has 44 heavy (non-hydrogen) atoms. The molecule has 3 atom stereocenters. The monoisotopic (exact) mass is 622 g/mol. The molecule has 1 aromatic heterocycles. The standard InChI is InChI=1S/C31H29F3N6O3S/c1-2-38-28-24(26(37-40(28)21-9-4-3-5-10-21)30(43)39-13-14-44-17-22(39)16-35)23(18-11-12-18)25(29(38)42)36-27(41)19-7-6-8-20(15-19)31(32,33)34/h3-10,15,18,22-23,25H,2,11-14,17H2,1H3,(H,36,41)/t22?,23-,25-/m0/s1. The molecule has 1 unspecified atom stereocenters. The molecule has 2 aromatic carbocycles. The minimum atomic E-state index is -4.64. The number of rotatable bonds is 6. The number of nitrogens with one attached hydrogen (secondary N) is 1. The number of nitriles is 1. The van der Waals surface area contributed by atoms with E-state index in [2.05, 4.69) is 11.4 Å². The molecule has 3 amide bonds. The van der Waals surface area contributed by atoms with Crippen LogP contribution in [0.4, 0.5) is 19.0 Å². The van der Waals surface area contributed by atoms with Crippen molar-refractivity contribution in [3.63, 3.8) is 0 Å². The Morgan fingerprint density at radius 1 is 1.14 bits per heavy atom. The quantitative estimate of drug-likeness (QED) is 0.429. The number of anilines is 1. The number of likely N-dealkylation sites (N-methyl/N-ethyl adjacent to an activating group) is 1. The summed E-state index contributed by atoms with van der Waals surface area (Å²) in [6.45, 7) is 2.31. The number of nitrogens with zero attached hydrogens (tertiary/aromatic N) is 5. The third-order valence-corrected chi connectivity index (χ3v) is 9.33. The first-order chi connectivity index (χ1) is 21.1. The van der Waals surface area contributed by atoms with Crippen LogP contribution in [-0.4, -0.2) is 69.1 Å². The fourth-order valence-electron chi connectivity index (χ4n) is 6.06. The summed E-state index contributed by atoms with van der Waals surface area (Å²) in [6.07, 6.45) is -3.16. The second-order valence-corrected chi connectivity index (χ2v) is 12.2. The molecule has 13 heteroatoms. The number of thioether (sulfide) groups is 1. The molecule has 0 bridgehead atoms. The van der Waals surface area contributed by atoms with Crippen LogP contribution in [0.25, 0.3) is 5.69 Å². The first-order valence-electron chi connectivity index (χ1n) is 14.4. The van der Waals surface area contributed by atoms with Gasteiger partial charge < -0.3 is 10.2 Å². The number of halogens is 3. The van der Waals surface area contributed by atoms with E-state index >= 15 is 0 Å². The maximum absolute atomic E-state index is 14.2. The zero-order valence-electron chi connectivity index (χ0n) is 23.8. The van der Waals surface area contributed by atoms with Crippen LogP contribution in [0.1, 0.15) is 57.7 Å². The highest BCUT2D eigenvalue weighted by Gasteiger charge is 2.52. The van der Waals surface area contributed by atoms with Gasteiger partial charge in [-0.3, -0.25) is 19.3 Å². The van der Waals surface area contributed by atoms with E-state index in [1.807, 2.05) is 30.3 Å². The molecule has 1 saturated carbocycles. The molecule has 1 aliphatic carbocycles. The predicted octanol–water partition coefficient (Wildman–Crippen LogP) is 4.63. The second kappa shape index (κ2) is 11.6. The van der Waals surface area contributed by atoms with Crippen molar-refractivity contribution in [1.82, 2.24) is 20.0 Å². The average Bonchev–Trinajstić information content (AvgIpc) is 3.80. The summed E-state index contributed by atoms with van der Waals surface area (Å²) in [7, 11) is 0. The van der Waals surface area contributed by atoms with Crippen molar-refractivity contribution >= 4 is 35.3 Å². The molecule has 6 rings (SSSR count). The fraction of sp³-hybridized carbons (Fsp3) is 0.387. The summed E-state index contributed by atoms with van der Waals surface area (Å²) >= 11 is 1.59. The molecule has 1 N–H and O–H groups in total. The minimum absolute atomic E-state index is 0.0628. The molecular formula is C31H29F3N6O3S. The van der Waals surface area contributed by atoms with Crippen LogP contribution in [0.5, 0.6) is 0 Å².